The summed E-state index contributed by atoms with van der Waals surface area (Å²) in [6.07, 6.45) is -0.153. The number of hydrogen-bond acceptors (Lipinski definition) is 3. The van der Waals surface area contributed by atoms with E-state index < -0.39 is 41.8 Å². The highest BCUT2D eigenvalue weighted by molar-refractivity contribution is 6.05. The van der Waals surface area contributed by atoms with E-state index in [1.54, 1.807) is 0 Å². The van der Waals surface area contributed by atoms with Crippen LogP contribution in [-0.2, 0) is 22.3 Å². The maximum Gasteiger partial charge on any atom is 0.416 e. The zero-order valence-corrected chi connectivity index (χ0v) is 17.2. The van der Waals surface area contributed by atoms with Crippen molar-refractivity contribution in [2.75, 3.05) is 5.01 Å². The fourth-order valence-corrected chi connectivity index (χ4v) is 4.01. The van der Waals surface area contributed by atoms with Crippen LogP contribution in [0, 0.1) is 17.7 Å². The van der Waals surface area contributed by atoms with Crippen molar-refractivity contribution in [3.63, 3.8) is 0 Å². The third kappa shape index (κ3) is 4.59. The number of amides is 3. The number of nitrogens with zero attached hydrogens (tertiary/aromatic N) is 1. The van der Waals surface area contributed by atoms with Gasteiger partial charge < -0.3 is 5.32 Å². The van der Waals surface area contributed by atoms with Gasteiger partial charge in [-0.25, -0.2) is 9.40 Å². The number of fused-ring (bicyclic) bond motifs is 1. The molecule has 1 aliphatic carbocycles. The molecule has 1 fully saturated rings. The minimum Gasteiger partial charge on any atom is -0.348 e. The third-order valence-electron chi connectivity index (χ3n) is 5.71. The van der Waals surface area contributed by atoms with Crippen molar-refractivity contribution in [3.8, 4) is 0 Å². The van der Waals surface area contributed by atoms with E-state index in [0.717, 1.165) is 17.1 Å². The number of carbonyl (C=O) groups excluding carboxylic acids is 3. The molecule has 2 aliphatic rings. The van der Waals surface area contributed by atoms with E-state index in [1.165, 1.54) is 24.3 Å². The highest BCUT2D eigenvalue weighted by Crippen LogP contribution is 2.33. The first-order valence-corrected chi connectivity index (χ1v) is 10.2. The largest absolute Gasteiger partial charge is 0.416 e. The smallest absolute Gasteiger partial charge is 0.348 e. The van der Waals surface area contributed by atoms with Crippen molar-refractivity contribution >= 4 is 23.4 Å². The van der Waals surface area contributed by atoms with Crippen LogP contribution in [0.3, 0.4) is 0 Å². The highest BCUT2D eigenvalue weighted by atomic mass is 19.4. The topological polar surface area (TPSA) is 78.5 Å². The summed E-state index contributed by atoms with van der Waals surface area (Å²) in [7, 11) is 0. The maximum atomic E-state index is 13.3. The lowest BCUT2D eigenvalue weighted by Gasteiger charge is -2.38. The van der Waals surface area contributed by atoms with Crippen LogP contribution in [0.5, 0.6) is 0 Å². The first kappa shape index (κ1) is 22.5. The van der Waals surface area contributed by atoms with Crippen molar-refractivity contribution < 1.29 is 31.9 Å². The van der Waals surface area contributed by atoms with E-state index in [0.29, 0.717) is 18.9 Å². The Bertz CT molecular complexity index is 1150. The average Bonchev–Trinajstić information content (AvgIpc) is 2.80. The standard InChI is InChI=1S/C23H19F4N3O3/c24-15-9-8-14(19(11-15)23(25,26)27)12-28-20(31)13-4-3-5-16(10-13)30-22(33)18-7-2-1-6-17(18)21(32)29-30/h1-5,8-11,17-18H,6-7,12H2,(H,28,31)(H,29,32). The van der Waals surface area contributed by atoms with Gasteiger partial charge in [0, 0.05) is 12.1 Å². The lowest BCUT2D eigenvalue weighted by molar-refractivity contribution is -0.140. The van der Waals surface area contributed by atoms with E-state index in [4.69, 9.17) is 0 Å². The molecule has 3 amide bonds. The fraction of sp³-hybridized carbons (Fsp3) is 0.261. The van der Waals surface area contributed by atoms with Crippen LogP contribution in [-0.4, -0.2) is 17.7 Å². The number of allylic oxidation sites excluding steroid dienone is 2. The molecule has 1 aliphatic heterocycles. The molecule has 0 bridgehead atoms. The Morgan fingerprint density at radius 1 is 1.06 bits per heavy atom. The quantitative estimate of drug-likeness (QED) is 0.538. The van der Waals surface area contributed by atoms with Crippen LogP contribution in [0.1, 0.15) is 34.3 Å². The van der Waals surface area contributed by atoms with Gasteiger partial charge in [0.25, 0.3) is 5.91 Å². The molecule has 10 heteroatoms. The van der Waals surface area contributed by atoms with Gasteiger partial charge in [-0.3, -0.25) is 19.8 Å². The van der Waals surface area contributed by atoms with Crippen molar-refractivity contribution in [2.45, 2.75) is 25.6 Å². The van der Waals surface area contributed by atoms with Crippen molar-refractivity contribution in [1.29, 1.82) is 0 Å². The van der Waals surface area contributed by atoms with Crippen molar-refractivity contribution in [2.24, 2.45) is 11.8 Å². The molecule has 0 radical (unpaired) electrons. The highest BCUT2D eigenvalue weighted by Gasteiger charge is 2.42. The summed E-state index contributed by atoms with van der Waals surface area (Å²) in [6.45, 7) is -0.479. The molecule has 0 aromatic heterocycles. The van der Waals surface area contributed by atoms with Crippen LogP contribution >= 0.6 is 0 Å². The summed E-state index contributed by atoms with van der Waals surface area (Å²) in [5.74, 6) is -3.26. The van der Waals surface area contributed by atoms with E-state index in [1.807, 2.05) is 12.2 Å². The number of rotatable bonds is 4. The van der Waals surface area contributed by atoms with Gasteiger partial charge in [-0.1, -0.05) is 24.3 Å². The zero-order chi connectivity index (χ0) is 23.8. The number of nitrogens with one attached hydrogen (secondary N) is 2. The first-order valence-electron chi connectivity index (χ1n) is 10.2. The van der Waals surface area contributed by atoms with E-state index in [2.05, 4.69) is 10.7 Å². The zero-order valence-electron chi connectivity index (χ0n) is 17.2. The second-order valence-corrected chi connectivity index (χ2v) is 7.84. The molecular weight excluding hydrogens is 442 g/mol. The van der Waals surface area contributed by atoms with Gasteiger partial charge in [0.2, 0.25) is 11.8 Å². The predicted molar refractivity (Wildman–Crippen MR) is 110 cm³/mol. The van der Waals surface area contributed by atoms with Crippen LogP contribution in [0.4, 0.5) is 23.2 Å². The first-order chi connectivity index (χ1) is 15.6. The Labute approximate surface area is 186 Å². The van der Waals surface area contributed by atoms with Gasteiger partial charge in [0.05, 0.1) is 23.1 Å². The second-order valence-electron chi connectivity index (χ2n) is 7.84. The summed E-state index contributed by atoms with van der Waals surface area (Å²) < 4.78 is 52.8. The molecular formula is C23H19F4N3O3. The Balaban J connectivity index is 1.51. The molecule has 172 valence electrons. The molecule has 0 saturated carbocycles. The number of anilines is 1. The van der Waals surface area contributed by atoms with Crippen LogP contribution in [0.15, 0.2) is 54.6 Å². The Kier molecular flexibility index (Phi) is 5.92. The molecule has 2 N–H and O–H groups in total. The summed E-state index contributed by atoms with van der Waals surface area (Å²) in [4.78, 5) is 37.9. The van der Waals surface area contributed by atoms with Crippen LogP contribution in [0.2, 0.25) is 0 Å². The monoisotopic (exact) mass is 461 g/mol. The molecule has 6 nitrogen and oxygen atoms in total. The minimum atomic E-state index is -4.78. The number of alkyl halides is 3. The van der Waals surface area contributed by atoms with E-state index in [-0.39, 0.29) is 28.6 Å². The maximum absolute atomic E-state index is 13.3. The normalized spacial score (nSPS) is 20.3. The fourth-order valence-electron chi connectivity index (χ4n) is 4.01. The SMILES string of the molecule is O=C(NCc1ccc(F)cc1C(F)(F)F)c1cccc(N2NC(=O)C3CC=CCC3C2=O)c1. The Morgan fingerprint density at radius 3 is 2.52 bits per heavy atom. The van der Waals surface area contributed by atoms with Crippen LogP contribution in [0.25, 0.3) is 0 Å². The molecule has 2 aromatic rings. The van der Waals surface area contributed by atoms with Crippen molar-refractivity contribution in [3.05, 3.63) is 77.1 Å². The summed E-state index contributed by atoms with van der Waals surface area (Å²) >= 11 is 0. The molecule has 2 unspecified atom stereocenters. The van der Waals surface area contributed by atoms with Gasteiger partial charge >= 0.3 is 6.18 Å². The Morgan fingerprint density at radius 2 is 1.79 bits per heavy atom. The molecule has 1 saturated heterocycles. The predicted octanol–water partition coefficient (Wildman–Crippen LogP) is 3.73. The third-order valence-corrected chi connectivity index (χ3v) is 5.71. The summed E-state index contributed by atoms with van der Waals surface area (Å²) in [6, 6.07) is 8.05. The van der Waals surface area contributed by atoms with Gasteiger partial charge in [0.1, 0.15) is 5.82 Å². The molecule has 2 atom stereocenters. The van der Waals surface area contributed by atoms with Gasteiger partial charge in [-0.2, -0.15) is 13.2 Å². The van der Waals surface area contributed by atoms with E-state index in [9.17, 15) is 31.9 Å². The molecule has 0 spiro atoms. The lowest BCUT2D eigenvalue weighted by Crippen LogP contribution is -2.59. The van der Waals surface area contributed by atoms with Crippen molar-refractivity contribution in [1.82, 2.24) is 10.7 Å². The number of hydrogen-bond donors (Lipinski definition) is 2. The second kappa shape index (κ2) is 8.68. The van der Waals surface area contributed by atoms with Crippen LogP contribution < -0.4 is 15.8 Å². The molecule has 2 aromatic carbocycles. The molecule has 4 rings (SSSR count). The summed E-state index contributed by atoms with van der Waals surface area (Å²) in [5.41, 5.74) is 1.43. The number of benzene rings is 2. The number of halogens is 4. The minimum absolute atomic E-state index is 0.0795. The Hall–Kier alpha value is -3.69. The molecule has 33 heavy (non-hydrogen) atoms. The van der Waals surface area contributed by atoms with Gasteiger partial charge in [-0.15, -0.1) is 0 Å². The number of carbonyl (C=O) groups is 3. The molecule has 1 heterocycles. The van der Waals surface area contributed by atoms with Gasteiger partial charge in [-0.05, 0) is 48.7 Å². The average molecular weight is 461 g/mol. The number of hydrazine groups is 1. The van der Waals surface area contributed by atoms with Gasteiger partial charge in [0.15, 0.2) is 0 Å². The van der Waals surface area contributed by atoms with E-state index >= 15 is 0 Å². The lowest BCUT2D eigenvalue weighted by atomic mass is 9.80. The summed E-state index contributed by atoms with van der Waals surface area (Å²) in [5, 5.41) is 3.48.